The first-order valence-electron chi connectivity index (χ1n) is 7.89. The molecule has 25 heavy (non-hydrogen) atoms. The molecule has 0 fully saturated rings. The highest BCUT2D eigenvalue weighted by atomic mass is 32.2. The van der Waals surface area contributed by atoms with Crippen molar-refractivity contribution in [3.63, 3.8) is 0 Å². The molecule has 4 aromatic rings. The summed E-state index contributed by atoms with van der Waals surface area (Å²) >= 11 is 1.47. The fraction of sp³-hybridized carbons (Fsp3) is 0.105. The van der Waals surface area contributed by atoms with Gasteiger partial charge in [-0.2, -0.15) is 0 Å². The zero-order chi connectivity index (χ0) is 17.4. The summed E-state index contributed by atoms with van der Waals surface area (Å²) in [6, 6.07) is 18.4. The molecule has 0 amide bonds. The Morgan fingerprint density at radius 1 is 1.00 bits per heavy atom. The summed E-state index contributed by atoms with van der Waals surface area (Å²) in [6.07, 6.45) is 1.93. The smallest absolute Gasteiger partial charge is 0.209 e. The Morgan fingerprint density at radius 3 is 2.48 bits per heavy atom. The van der Waals surface area contributed by atoms with Gasteiger partial charge in [0.05, 0.1) is 11.2 Å². The van der Waals surface area contributed by atoms with Crippen LogP contribution in [0.2, 0.25) is 0 Å². The Bertz CT molecular complexity index is 1050. The number of fused-ring (bicyclic) bond motifs is 1. The van der Waals surface area contributed by atoms with Crippen LogP contribution in [0.4, 0.5) is 0 Å². The number of pyridine rings is 1. The van der Waals surface area contributed by atoms with E-state index in [9.17, 15) is 0 Å². The lowest BCUT2D eigenvalue weighted by Crippen LogP contribution is -2.11. The van der Waals surface area contributed by atoms with Crippen LogP contribution in [-0.2, 0) is 0 Å². The van der Waals surface area contributed by atoms with Gasteiger partial charge in [-0.05, 0) is 25.3 Å². The van der Waals surface area contributed by atoms with Crippen LogP contribution in [0.15, 0.2) is 59.8 Å². The van der Waals surface area contributed by atoms with Crippen LogP contribution in [0.3, 0.4) is 0 Å². The highest BCUT2D eigenvalue weighted by molar-refractivity contribution is 7.98. The van der Waals surface area contributed by atoms with Gasteiger partial charge in [0.15, 0.2) is 5.82 Å². The SMILES string of the molecule is CSc1nnc(-c2cc(-c3ccc(C)cc3)nc3ccccc23)n1N. The van der Waals surface area contributed by atoms with Gasteiger partial charge in [0, 0.05) is 16.5 Å². The van der Waals surface area contributed by atoms with E-state index in [1.165, 1.54) is 22.0 Å². The number of para-hydroxylation sites is 1. The molecule has 0 unspecified atom stereocenters. The van der Waals surface area contributed by atoms with Gasteiger partial charge in [-0.3, -0.25) is 0 Å². The lowest BCUT2D eigenvalue weighted by molar-refractivity contribution is 0.852. The van der Waals surface area contributed by atoms with E-state index in [1.807, 2.05) is 36.6 Å². The summed E-state index contributed by atoms with van der Waals surface area (Å²) in [4.78, 5) is 4.81. The van der Waals surface area contributed by atoms with Crippen molar-refractivity contribution in [2.45, 2.75) is 12.1 Å². The second-order valence-corrected chi connectivity index (χ2v) is 6.59. The number of nitrogen functional groups attached to an aromatic ring is 1. The van der Waals surface area contributed by atoms with Crippen LogP contribution in [0.5, 0.6) is 0 Å². The van der Waals surface area contributed by atoms with E-state index in [4.69, 9.17) is 10.8 Å². The number of hydrogen-bond acceptors (Lipinski definition) is 5. The normalized spacial score (nSPS) is 11.1. The van der Waals surface area contributed by atoms with E-state index < -0.39 is 0 Å². The number of aromatic nitrogens is 4. The molecule has 4 rings (SSSR count). The van der Waals surface area contributed by atoms with Crippen LogP contribution in [0.1, 0.15) is 5.56 Å². The maximum atomic E-state index is 6.20. The van der Waals surface area contributed by atoms with Crippen molar-refractivity contribution < 1.29 is 0 Å². The minimum atomic E-state index is 0.635. The van der Waals surface area contributed by atoms with Crippen molar-refractivity contribution >= 4 is 22.7 Å². The molecule has 5 nitrogen and oxygen atoms in total. The minimum Gasteiger partial charge on any atom is -0.335 e. The summed E-state index contributed by atoms with van der Waals surface area (Å²) in [7, 11) is 0. The zero-order valence-electron chi connectivity index (χ0n) is 14.0. The van der Waals surface area contributed by atoms with Crippen molar-refractivity contribution in [2.75, 3.05) is 12.1 Å². The average molecular weight is 347 g/mol. The lowest BCUT2D eigenvalue weighted by atomic mass is 10.0. The standard InChI is InChI=1S/C19H17N5S/c1-12-7-9-13(10-8-12)17-11-15(14-5-3-4-6-16(14)21-17)18-22-23-19(25-2)24(18)20/h3-11H,20H2,1-2H3. The first kappa shape index (κ1) is 15.7. The van der Waals surface area contributed by atoms with Crippen molar-refractivity contribution in [1.82, 2.24) is 19.9 Å². The molecular weight excluding hydrogens is 330 g/mol. The van der Waals surface area contributed by atoms with Gasteiger partial charge in [-0.25, -0.2) is 9.66 Å². The Labute approximate surface area is 149 Å². The van der Waals surface area contributed by atoms with Gasteiger partial charge >= 0.3 is 0 Å². The monoisotopic (exact) mass is 347 g/mol. The fourth-order valence-electron chi connectivity index (χ4n) is 2.83. The highest BCUT2D eigenvalue weighted by Crippen LogP contribution is 2.31. The number of thioether (sulfide) groups is 1. The second kappa shape index (κ2) is 6.22. The summed E-state index contributed by atoms with van der Waals surface area (Å²) in [6.45, 7) is 2.07. The molecule has 0 saturated heterocycles. The van der Waals surface area contributed by atoms with Crippen LogP contribution < -0.4 is 5.84 Å². The van der Waals surface area contributed by atoms with Gasteiger partial charge in [0.2, 0.25) is 5.16 Å². The van der Waals surface area contributed by atoms with Gasteiger partial charge in [-0.1, -0.05) is 59.8 Å². The second-order valence-electron chi connectivity index (χ2n) is 5.82. The molecular formula is C19H17N5S. The summed E-state index contributed by atoms with van der Waals surface area (Å²) in [5.74, 6) is 6.83. The maximum Gasteiger partial charge on any atom is 0.209 e. The topological polar surface area (TPSA) is 69.6 Å². The molecule has 0 radical (unpaired) electrons. The van der Waals surface area contributed by atoms with Crippen LogP contribution in [-0.4, -0.2) is 26.1 Å². The molecule has 6 heteroatoms. The third kappa shape index (κ3) is 2.74. The predicted molar refractivity (Wildman–Crippen MR) is 103 cm³/mol. The summed E-state index contributed by atoms with van der Waals surface area (Å²) < 4.78 is 1.53. The van der Waals surface area contributed by atoms with Crippen LogP contribution in [0.25, 0.3) is 33.5 Å². The molecule has 2 heterocycles. The predicted octanol–water partition coefficient (Wildman–Crippen LogP) is 3.90. The largest absolute Gasteiger partial charge is 0.335 e. The third-order valence-corrected chi connectivity index (χ3v) is 4.80. The molecule has 2 N–H and O–H groups in total. The van der Waals surface area contributed by atoms with E-state index in [1.54, 1.807) is 0 Å². The van der Waals surface area contributed by atoms with Gasteiger partial charge in [0.25, 0.3) is 0 Å². The van der Waals surface area contributed by atoms with Crippen molar-refractivity contribution in [3.05, 3.63) is 60.2 Å². The van der Waals surface area contributed by atoms with Crippen LogP contribution >= 0.6 is 11.8 Å². The average Bonchev–Trinajstić information content (AvgIpc) is 3.02. The van der Waals surface area contributed by atoms with E-state index in [0.29, 0.717) is 11.0 Å². The third-order valence-electron chi connectivity index (χ3n) is 4.15. The lowest BCUT2D eigenvalue weighted by Gasteiger charge is -2.10. The fourth-order valence-corrected chi connectivity index (χ4v) is 3.24. The van der Waals surface area contributed by atoms with E-state index in [-0.39, 0.29) is 0 Å². The molecule has 0 aliphatic heterocycles. The quantitative estimate of drug-likeness (QED) is 0.449. The highest BCUT2D eigenvalue weighted by Gasteiger charge is 2.16. The van der Waals surface area contributed by atoms with Crippen molar-refractivity contribution in [2.24, 2.45) is 0 Å². The Morgan fingerprint density at radius 2 is 1.76 bits per heavy atom. The maximum absolute atomic E-state index is 6.20. The number of benzene rings is 2. The molecule has 0 aliphatic rings. The van der Waals surface area contributed by atoms with Crippen LogP contribution in [0, 0.1) is 6.92 Å². The minimum absolute atomic E-state index is 0.635. The van der Waals surface area contributed by atoms with Gasteiger partial charge < -0.3 is 5.84 Å². The number of rotatable bonds is 3. The van der Waals surface area contributed by atoms with E-state index in [2.05, 4.69) is 41.4 Å². The molecule has 2 aromatic carbocycles. The zero-order valence-corrected chi connectivity index (χ0v) is 14.8. The number of nitrogens with zero attached hydrogens (tertiary/aromatic N) is 4. The molecule has 0 aliphatic carbocycles. The summed E-state index contributed by atoms with van der Waals surface area (Å²) in [5.41, 5.74) is 5.00. The molecule has 0 saturated carbocycles. The molecule has 2 aromatic heterocycles. The van der Waals surface area contributed by atoms with Gasteiger partial charge in [0.1, 0.15) is 0 Å². The first-order valence-corrected chi connectivity index (χ1v) is 9.11. The number of hydrogen-bond donors (Lipinski definition) is 1. The van der Waals surface area contributed by atoms with E-state index >= 15 is 0 Å². The Balaban J connectivity index is 1.98. The molecule has 0 atom stereocenters. The van der Waals surface area contributed by atoms with Crippen molar-refractivity contribution in [3.8, 4) is 22.6 Å². The van der Waals surface area contributed by atoms with E-state index in [0.717, 1.165) is 27.7 Å². The van der Waals surface area contributed by atoms with Gasteiger partial charge in [-0.15, -0.1) is 10.2 Å². The molecule has 0 spiro atoms. The molecule has 0 bridgehead atoms. The molecule has 124 valence electrons. The number of nitrogens with two attached hydrogens (primary N) is 1. The Hall–Kier alpha value is -2.86. The Kier molecular flexibility index (Phi) is 3.89. The summed E-state index contributed by atoms with van der Waals surface area (Å²) in [5, 5.41) is 10.1. The van der Waals surface area contributed by atoms with Crippen molar-refractivity contribution in [1.29, 1.82) is 0 Å². The first-order chi connectivity index (χ1) is 12.2. The number of aryl methyl sites for hydroxylation is 1.